The number of para-hydroxylation sites is 1. The van der Waals surface area contributed by atoms with Gasteiger partial charge >= 0.3 is 0 Å². The minimum Gasteiger partial charge on any atom is -0.508 e. The third-order valence-electron chi connectivity index (χ3n) is 2.61. The van der Waals surface area contributed by atoms with Gasteiger partial charge in [-0.3, -0.25) is 0 Å². The van der Waals surface area contributed by atoms with Gasteiger partial charge in [0, 0.05) is 17.3 Å². The van der Waals surface area contributed by atoms with E-state index in [1.54, 1.807) is 30.5 Å². The van der Waals surface area contributed by atoms with E-state index in [9.17, 15) is 5.11 Å². The summed E-state index contributed by atoms with van der Waals surface area (Å²) in [5, 5.41) is 13.3. The van der Waals surface area contributed by atoms with Crippen LogP contribution in [0.1, 0.15) is 0 Å². The van der Waals surface area contributed by atoms with Crippen LogP contribution in [0.15, 0.2) is 54.7 Å². The molecule has 4 heteroatoms. The van der Waals surface area contributed by atoms with Gasteiger partial charge in [0.25, 0.3) is 0 Å². The van der Waals surface area contributed by atoms with Crippen LogP contribution < -0.4 is 5.32 Å². The largest absolute Gasteiger partial charge is 0.508 e. The number of hydrogen-bond acceptors (Lipinski definition) is 4. The van der Waals surface area contributed by atoms with Gasteiger partial charge in [0.05, 0.1) is 5.52 Å². The molecule has 2 aromatic carbocycles. The van der Waals surface area contributed by atoms with Gasteiger partial charge in [-0.2, -0.15) is 0 Å². The van der Waals surface area contributed by atoms with E-state index >= 15 is 0 Å². The minimum absolute atomic E-state index is 0.236. The second-order valence-corrected chi connectivity index (χ2v) is 3.92. The Hall–Kier alpha value is -2.62. The molecule has 0 radical (unpaired) electrons. The van der Waals surface area contributed by atoms with E-state index in [0.717, 1.165) is 16.6 Å². The molecule has 0 aliphatic heterocycles. The Bertz CT molecular complexity index is 680. The summed E-state index contributed by atoms with van der Waals surface area (Å²) < 4.78 is 0. The minimum atomic E-state index is 0.236. The molecule has 0 saturated heterocycles. The van der Waals surface area contributed by atoms with E-state index in [0.29, 0.717) is 5.95 Å². The Labute approximate surface area is 104 Å². The maximum atomic E-state index is 9.21. The fraction of sp³-hybridized carbons (Fsp3) is 0. The highest BCUT2D eigenvalue weighted by atomic mass is 16.3. The van der Waals surface area contributed by atoms with Crippen LogP contribution in [0.4, 0.5) is 11.6 Å². The molecule has 18 heavy (non-hydrogen) atoms. The van der Waals surface area contributed by atoms with Crippen molar-refractivity contribution in [3.05, 3.63) is 54.7 Å². The number of anilines is 2. The maximum Gasteiger partial charge on any atom is 0.227 e. The number of phenols is 1. The summed E-state index contributed by atoms with van der Waals surface area (Å²) >= 11 is 0. The number of hydrogen-bond donors (Lipinski definition) is 2. The topological polar surface area (TPSA) is 58.0 Å². The molecule has 4 nitrogen and oxygen atoms in total. The lowest BCUT2D eigenvalue weighted by molar-refractivity contribution is 0.475. The Morgan fingerprint density at radius 2 is 1.72 bits per heavy atom. The quantitative estimate of drug-likeness (QED) is 0.672. The van der Waals surface area contributed by atoms with Gasteiger partial charge in [0.15, 0.2) is 0 Å². The van der Waals surface area contributed by atoms with Crippen LogP contribution in [0, 0.1) is 0 Å². The number of nitrogens with zero attached hydrogens (tertiary/aromatic N) is 2. The summed E-state index contributed by atoms with van der Waals surface area (Å²) in [4.78, 5) is 8.65. The lowest BCUT2D eigenvalue weighted by Gasteiger charge is -2.05. The third-order valence-corrected chi connectivity index (χ3v) is 2.61. The van der Waals surface area contributed by atoms with Gasteiger partial charge in [-0.05, 0) is 30.3 Å². The molecule has 1 aromatic heterocycles. The molecular formula is C14H11N3O. The maximum absolute atomic E-state index is 9.21. The third kappa shape index (κ3) is 2.08. The smallest absolute Gasteiger partial charge is 0.227 e. The first kappa shape index (κ1) is 10.5. The van der Waals surface area contributed by atoms with Crippen molar-refractivity contribution in [1.82, 2.24) is 9.97 Å². The molecule has 0 spiro atoms. The van der Waals surface area contributed by atoms with Gasteiger partial charge < -0.3 is 10.4 Å². The standard InChI is InChI=1S/C14H11N3O/c18-12-7-5-11(6-8-12)16-14-15-9-10-3-1-2-4-13(10)17-14/h1-9,18H,(H,15,16,17). The van der Waals surface area contributed by atoms with Crippen LogP contribution in [0.3, 0.4) is 0 Å². The average molecular weight is 237 g/mol. The summed E-state index contributed by atoms with van der Waals surface area (Å²) in [6, 6.07) is 14.6. The van der Waals surface area contributed by atoms with Crippen molar-refractivity contribution in [2.75, 3.05) is 5.32 Å². The van der Waals surface area contributed by atoms with Crippen LogP contribution in [-0.2, 0) is 0 Å². The summed E-state index contributed by atoms with van der Waals surface area (Å²) in [7, 11) is 0. The zero-order valence-corrected chi connectivity index (χ0v) is 9.54. The number of rotatable bonds is 2. The molecule has 3 aromatic rings. The molecule has 2 N–H and O–H groups in total. The second kappa shape index (κ2) is 4.33. The van der Waals surface area contributed by atoms with Crippen molar-refractivity contribution in [2.45, 2.75) is 0 Å². The second-order valence-electron chi connectivity index (χ2n) is 3.92. The predicted octanol–water partition coefficient (Wildman–Crippen LogP) is 3.08. The first-order chi connectivity index (χ1) is 8.81. The Morgan fingerprint density at radius 3 is 2.56 bits per heavy atom. The van der Waals surface area contributed by atoms with Gasteiger partial charge in [-0.15, -0.1) is 0 Å². The summed E-state index contributed by atoms with van der Waals surface area (Å²) in [6.45, 7) is 0. The molecule has 0 bridgehead atoms. The lowest BCUT2D eigenvalue weighted by atomic mass is 10.2. The normalized spacial score (nSPS) is 10.4. The molecule has 3 rings (SSSR count). The molecule has 1 heterocycles. The molecule has 0 saturated carbocycles. The fourth-order valence-corrected chi connectivity index (χ4v) is 1.71. The van der Waals surface area contributed by atoms with Gasteiger partial charge in [0.1, 0.15) is 5.75 Å². The lowest BCUT2D eigenvalue weighted by Crippen LogP contribution is -1.96. The average Bonchev–Trinajstić information content (AvgIpc) is 2.41. The Morgan fingerprint density at radius 1 is 0.944 bits per heavy atom. The zero-order chi connectivity index (χ0) is 12.4. The fourth-order valence-electron chi connectivity index (χ4n) is 1.71. The number of nitrogens with one attached hydrogen (secondary N) is 1. The SMILES string of the molecule is Oc1ccc(Nc2ncc3ccccc3n2)cc1. The molecule has 88 valence electrons. The highest BCUT2D eigenvalue weighted by Crippen LogP contribution is 2.18. The number of aromatic nitrogens is 2. The van der Waals surface area contributed by atoms with Crippen molar-refractivity contribution < 1.29 is 5.11 Å². The van der Waals surface area contributed by atoms with Gasteiger partial charge in [0.2, 0.25) is 5.95 Å². The van der Waals surface area contributed by atoms with Crippen LogP contribution in [0.5, 0.6) is 5.75 Å². The van der Waals surface area contributed by atoms with E-state index in [2.05, 4.69) is 15.3 Å². The number of benzene rings is 2. The first-order valence-electron chi connectivity index (χ1n) is 5.59. The van der Waals surface area contributed by atoms with E-state index in [-0.39, 0.29) is 5.75 Å². The number of phenolic OH excluding ortho intramolecular Hbond substituents is 1. The van der Waals surface area contributed by atoms with E-state index in [4.69, 9.17) is 0 Å². The van der Waals surface area contributed by atoms with Crippen molar-refractivity contribution >= 4 is 22.5 Å². The molecule has 0 atom stereocenters. The Balaban J connectivity index is 1.92. The highest BCUT2D eigenvalue weighted by molar-refractivity contribution is 5.78. The van der Waals surface area contributed by atoms with Crippen molar-refractivity contribution in [1.29, 1.82) is 0 Å². The summed E-state index contributed by atoms with van der Waals surface area (Å²) in [6.07, 6.45) is 1.78. The molecule has 0 amide bonds. The monoisotopic (exact) mass is 237 g/mol. The van der Waals surface area contributed by atoms with E-state index < -0.39 is 0 Å². The predicted molar refractivity (Wildman–Crippen MR) is 70.9 cm³/mol. The van der Waals surface area contributed by atoms with Gasteiger partial charge in [-0.1, -0.05) is 18.2 Å². The van der Waals surface area contributed by atoms with Crippen LogP contribution in [-0.4, -0.2) is 15.1 Å². The summed E-state index contributed by atoms with van der Waals surface area (Å²) in [5.41, 5.74) is 1.73. The zero-order valence-electron chi connectivity index (χ0n) is 9.54. The molecular weight excluding hydrogens is 226 g/mol. The van der Waals surface area contributed by atoms with Gasteiger partial charge in [-0.25, -0.2) is 9.97 Å². The highest BCUT2D eigenvalue weighted by Gasteiger charge is 2.00. The molecule has 0 fully saturated rings. The number of fused-ring (bicyclic) bond motifs is 1. The number of aromatic hydroxyl groups is 1. The van der Waals surface area contributed by atoms with Crippen LogP contribution in [0.25, 0.3) is 10.9 Å². The van der Waals surface area contributed by atoms with Crippen molar-refractivity contribution in [3.8, 4) is 5.75 Å². The molecule has 0 aliphatic carbocycles. The van der Waals surface area contributed by atoms with E-state index in [1.807, 2.05) is 24.3 Å². The van der Waals surface area contributed by atoms with Crippen LogP contribution >= 0.6 is 0 Å². The first-order valence-corrected chi connectivity index (χ1v) is 5.59. The van der Waals surface area contributed by atoms with Crippen molar-refractivity contribution in [3.63, 3.8) is 0 Å². The van der Waals surface area contributed by atoms with E-state index in [1.165, 1.54) is 0 Å². The van der Waals surface area contributed by atoms with Crippen molar-refractivity contribution in [2.24, 2.45) is 0 Å². The van der Waals surface area contributed by atoms with Crippen LogP contribution in [0.2, 0.25) is 0 Å². The summed E-state index contributed by atoms with van der Waals surface area (Å²) in [5.74, 6) is 0.777. The Kier molecular flexibility index (Phi) is 2.53. The molecule has 0 unspecified atom stereocenters. The molecule has 0 aliphatic rings.